The molecule has 0 spiro atoms. The number of ether oxygens (including phenoxy) is 2. The third kappa shape index (κ3) is 8.60. The Morgan fingerprint density at radius 3 is 2.63 bits per heavy atom. The smallest absolute Gasteiger partial charge is 0.191 e. The molecule has 0 fully saturated rings. The fourth-order valence-corrected chi connectivity index (χ4v) is 1.26. The van der Waals surface area contributed by atoms with Gasteiger partial charge in [-0.25, -0.2) is 0 Å². The van der Waals surface area contributed by atoms with Gasteiger partial charge in [0, 0.05) is 26.9 Å². The summed E-state index contributed by atoms with van der Waals surface area (Å²) >= 11 is 0. The molecule has 0 saturated heterocycles. The van der Waals surface area contributed by atoms with Crippen molar-refractivity contribution in [1.29, 1.82) is 0 Å². The minimum atomic E-state index is 0. The average Bonchev–Trinajstić information content (AvgIpc) is 2.43. The molecule has 2 N–H and O–H groups in total. The van der Waals surface area contributed by atoms with E-state index in [2.05, 4.69) is 20.6 Å². The maximum atomic E-state index is 5.49. The van der Waals surface area contributed by atoms with E-state index >= 15 is 0 Å². The largest absolute Gasteiger partial charge is 0.490 e. The number of hydrogen-bond acceptors (Lipinski definition) is 4. The predicted molar refractivity (Wildman–Crippen MR) is 86.4 cm³/mol. The molecule has 0 radical (unpaired) electrons. The number of hydrogen-bond donors (Lipinski definition) is 2. The first-order valence-electron chi connectivity index (χ1n) is 5.83. The quantitative estimate of drug-likeness (QED) is 0.318. The van der Waals surface area contributed by atoms with Gasteiger partial charge in [-0.2, -0.15) is 0 Å². The van der Waals surface area contributed by atoms with Gasteiger partial charge in [-0.1, -0.05) is 0 Å². The van der Waals surface area contributed by atoms with Gasteiger partial charge in [0.1, 0.15) is 12.4 Å². The van der Waals surface area contributed by atoms with Crippen LogP contribution in [0.1, 0.15) is 0 Å². The second kappa shape index (κ2) is 12.0. The summed E-state index contributed by atoms with van der Waals surface area (Å²) in [5.41, 5.74) is 0. The molecule has 1 rings (SSSR count). The highest BCUT2D eigenvalue weighted by Gasteiger charge is 1.96. The Bertz CT molecular complexity index is 349. The summed E-state index contributed by atoms with van der Waals surface area (Å²) in [5, 5.41) is 6.25. The van der Waals surface area contributed by atoms with Crippen molar-refractivity contribution >= 4 is 29.9 Å². The Hall–Kier alpha value is -1.09. The highest BCUT2D eigenvalue weighted by atomic mass is 127. The van der Waals surface area contributed by atoms with Crippen LogP contribution in [0.5, 0.6) is 5.75 Å². The summed E-state index contributed by atoms with van der Waals surface area (Å²) in [6, 6.07) is 3.71. The van der Waals surface area contributed by atoms with Crippen LogP contribution in [0.4, 0.5) is 0 Å². The van der Waals surface area contributed by atoms with E-state index in [0.29, 0.717) is 19.8 Å². The summed E-state index contributed by atoms with van der Waals surface area (Å²) in [7, 11) is 3.39. The van der Waals surface area contributed by atoms with Crippen molar-refractivity contribution < 1.29 is 9.47 Å². The van der Waals surface area contributed by atoms with Gasteiger partial charge >= 0.3 is 0 Å². The first-order valence-corrected chi connectivity index (χ1v) is 5.83. The van der Waals surface area contributed by atoms with Crippen LogP contribution in [0.2, 0.25) is 0 Å². The molecule has 19 heavy (non-hydrogen) atoms. The molecule has 0 amide bonds. The summed E-state index contributed by atoms with van der Waals surface area (Å²) in [4.78, 5) is 8.04. The van der Waals surface area contributed by atoms with Gasteiger partial charge in [-0.3, -0.25) is 9.98 Å². The fraction of sp³-hybridized carbons (Fsp3) is 0.500. The van der Waals surface area contributed by atoms with Crippen LogP contribution in [-0.4, -0.2) is 51.4 Å². The minimum absolute atomic E-state index is 0. The summed E-state index contributed by atoms with van der Waals surface area (Å²) in [5.74, 6) is 1.50. The van der Waals surface area contributed by atoms with E-state index in [0.717, 1.165) is 18.3 Å². The van der Waals surface area contributed by atoms with Crippen LogP contribution >= 0.6 is 24.0 Å². The monoisotopic (exact) mass is 380 g/mol. The lowest BCUT2D eigenvalue weighted by molar-refractivity contribution is 0.203. The average molecular weight is 380 g/mol. The number of nitrogens with one attached hydrogen (secondary N) is 2. The molecule has 0 aliphatic rings. The van der Waals surface area contributed by atoms with Crippen LogP contribution in [-0.2, 0) is 4.74 Å². The number of nitrogens with zero attached hydrogens (tertiary/aromatic N) is 2. The van der Waals surface area contributed by atoms with Crippen molar-refractivity contribution in [3.05, 3.63) is 24.5 Å². The lowest BCUT2D eigenvalue weighted by Crippen LogP contribution is -2.40. The molecular formula is C12H21IN4O2. The van der Waals surface area contributed by atoms with Gasteiger partial charge in [-0.15, -0.1) is 24.0 Å². The molecule has 0 bridgehead atoms. The third-order valence-electron chi connectivity index (χ3n) is 2.12. The van der Waals surface area contributed by atoms with Gasteiger partial charge in [-0.05, 0) is 12.1 Å². The zero-order chi connectivity index (χ0) is 13.1. The van der Waals surface area contributed by atoms with Gasteiger partial charge in [0.25, 0.3) is 0 Å². The minimum Gasteiger partial charge on any atom is -0.490 e. The van der Waals surface area contributed by atoms with E-state index in [1.807, 2.05) is 12.1 Å². The first-order chi connectivity index (χ1) is 8.86. The molecule has 0 aliphatic carbocycles. The molecule has 0 saturated carbocycles. The van der Waals surface area contributed by atoms with Crippen LogP contribution in [0, 0.1) is 0 Å². The first kappa shape index (κ1) is 17.9. The van der Waals surface area contributed by atoms with Gasteiger partial charge in [0.15, 0.2) is 5.96 Å². The maximum Gasteiger partial charge on any atom is 0.191 e. The van der Waals surface area contributed by atoms with E-state index in [-0.39, 0.29) is 24.0 Å². The molecule has 108 valence electrons. The lowest BCUT2D eigenvalue weighted by Gasteiger charge is -2.11. The molecule has 6 nitrogen and oxygen atoms in total. The number of rotatable bonds is 7. The molecule has 0 aromatic carbocycles. The van der Waals surface area contributed by atoms with E-state index in [4.69, 9.17) is 9.47 Å². The van der Waals surface area contributed by atoms with Crippen LogP contribution in [0.3, 0.4) is 0 Å². The molecule has 0 unspecified atom stereocenters. The van der Waals surface area contributed by atoms with E-state index in [1.54, 1.807) is 26.6 Å². The van der Waals surface area contributed by atoms with Crippen molar-refractivity contribution in [2.24, 2.45) is 4.99 Å². The maximum absolute atomic E-state index is 5.49. The Labute approximate surface area is 131 Å². The predicted octanol–water partition coefficient (Wildman–Crippen LogP) is 0.890. The SMILES string of the molecule is CN=C(NCCOC)NCCOc1cccnc1.I. The van der Waals surface area contributed by atoms with Crippen molar-refractivity contribution in [3.63, 3.8) is 0 Å². The zero-order valence-corrected chi connectivity index (χ0v) is 13.6. The van der Waals surface area contributed by atoms with Crippen LogP contribution in [0.15, 0.2) is 29.5 Å². The topological polar surface area (TPSA) is 67.8 Å². The third-order valence-corrected chi connectivity index (χ3v) is 2.12. The van der Waals surface area contributed by atoms with E-state index < -0.39 is 0 Å². The van der Waals surface area contributed by atoms with E-state index in [9.17, 15) is 0 Å². The molecular weight excluding hydrogens is 359 g/mol. The number of pyridine rings is 1. The second-order valence-corrected chi connectivity index (χ2v) is 3.46. The van der Waals surface area contributed by atoms with Crippen molar-refractivity contribution in [2.45, 2.75) is 0 Å². The molecule has 1 aromatic rings. The Morgan fingerprint density at radius 1 is 1.32 bits per heavy atom. The number of aromatic nitrogens is 1. The van der Waals surface area contributed by atoms with Gasteiger partial charge < -0.3 is 20.1 Å². The molecule has 7 heteroatoms. The normalized spacial score (nSPS) is 10.5. The number of guanidine groups is 1. The van der Waals surface area contributed by atoms with Crippen molar-refractivity contribution in [3.8, 4) is 5.75 Å². The van der Waals surface area contributed by atoms with Crippen LogP contribution < -0.4 is 15.4 Å². The molecule has 1 heterocycles. The highest BCUT2D eigenvalue weighted by Crippen LogP contribution is 2.04. The fourth-order valence-electron chi connectivity index (χ4n) is 1.26. The Morgan fingerprint density at radius 2 is 2.05 bits per heavy atom. The molecule has 0 aliphatic heterocycles. The van der Waals surface area contributed by atoms with Crippen molar-refractivity contribution in [2.75, 3.05) is 40.5 Å². The second-order valence-electron chi connectivity index (χ2n) is 3.46. The van der Waals surface area contributed by atoms with Crippen LogP contribution in [0.25, 0.3) is 0 Å². The number of aliphatic imine (C=N–C) groups is 1. The molecule has 1 aromatic heterocycles. The highest BCUT2D eigenvalue weighted by molar-refractivity contribution is 14.0. The zero-order valence-electron chi connectivity index (χ0n) is 11.3. The summed E-state index contributed by atoms with van der Waals surface area (Å²) in [6.07, 6.45) is 3.40. The summed E-state index contributed by atoms with van der Waals surface area (Å²) < 4.78 is 10.4. The lowest BCUT2D eigenvalue weighted by atomic mass is 10.5. The van der Waals surface area contributed by atoms with E-state index in [1.165, 1.54) is 0 Å². The van der Waals surface area contributed by atoms with Gasteiger partial charge in [0.2, 0.25) is 0 Å². The number of halogens is 1. The van der Waals surface area contributed by atoms with Gasteiger partial charge in [0.05, 0.1) is 19.3 Å². The molecule has 0 atom stereocenters. The summed E-state index contributed by atoms with van der Waals surface area (Å²) in [6.45, 7) is 2.59. The Kier molecular flexibility index (Phi) is 11.3. The number of methoxy groups -OCH3 is 1. The standard InChI is InChI=1S/C12H20N4O2.HI/c1-13-12(15-6-8-17-2)16-7-9-18-11-4-3-5-14-10-11;/h3-5,10H,6-9H2,1-2H3,(H2,13,15,16);1H. The van der Waals surface area contributed by atoms with Crippen molar-refractivity contribution in [1.82, 2.24) is 15.6 Å². The Balaban J connectivity index is 0.00000324.